The van der Waals surface area contributed by atoms with Crippen LogP contribution in [0, 0.1) is 0 Å². The molecule has 138 valence electrons. The zero-order valence-corrected chi connectivity index (χ0v) is 14.9. The maximum absolute atomic E-state index is 5.69. The molecule has 6 nitrogen and oxygen atoms in total. The average Bonchev–Trinajstić information content (AvgIpc) is 2.61. The zero-order valence-electron chi connectivity index (χ0n) is 14.9. The quantitative estimate of drug-likeness (QED) is 0.368. The minimum Gasteiger partial charge on any atom is -0.489 e. The highest BCUT2D eigenvalue weighted by atomic mass is 16.6. The van der Waals surface area contributed by atoms with Crippen molar-refractivity contribution in [2.24, 2.45) is 0 Å². The molecule has 0 atom stereocenters. The van der Waals surface area contributed by atoms with E-state index in [4.69, 9.17) is 23.8 Å². The second kappa shape index (κ2) is 15.2. The summed E-state index contributed by atoms with van der Waals surface area (Å²) in [4.78, 5) is 5.19. The van der Waals surface area contributed by atoms with Gasteiger partial charge in [0, 0.05) is 6.61 Å². The Labute approximate surface area is 145 Å². The average molecular weight is 341 g/mol. The van der Waals surface area contributed by atoms with Gasteiger partial charge in [-0.15, -0.1) is 0 Å². The molecule has 1 rings (SSSR count). The Morgan fingerprint density at radius 3 is 2.08 bits per heavy atom. The summed E-state index contributed by atoms with van der Waals surface area (Å²) in [5, 5.41) is 0. The van der Waals surface area contributed by atoms with Crippen molar-refractivity contribution >= 4 is 5.69 Å². The van der Waals surface area contributed by atoms with E-state index in [1.807, 2.05) is 31.2 Å². The summed E-state index contributed by atoms with van der Waals surface area (Å²) in [6, 6.07) is 7.64. The number of ether oxygens (including phenoxy) is 4. The predicted octanol–water partition coefficient (Wildman–Crippen LogP) is 3.28. The minimum absolute atomic E-state index is 0.477. The molecular weight excluding hydrogens is 310 g/mol. The van der Waals surface area contributed by atoms with Crippen LogP contribution in [0.2, 0.25) is 0 Å². The summed E-state index contributed by atoms with van der Waals surface area (Å²) >= 11 is 0. The minimum atomic E-state index is 0.477. The van der Waals surface area contributed by atoms with Crippen molar-refractivity contribution in [2.45, 2.75) is 26.7 Å². The monoisotopic (exact) mass is 341 g/mol. The van der Waals surface area contributed by atoms with Crippen molar-refractivity contribution < 1.29 is 23.8 Å². The van der Waals surface area contributed by atoms with E-state index in [1.165, 1.54) is 0 Å². The molecule has 0 unspecified atom stereocenters. The lowest BCUT2D eigenvalue weighted by Gasteiger charge is -2.12. The third-order valence-electron chi connectivity index (χ3n) is 3.09. The van der Waals surface area contributed by atoms with Gasteiger partial charge < -0.3 is 18.9 Å². The van der Waals surface area contributed by atoms with Crippen LogP contribution in [0.1, 0.15) is 26.7 Å². The summed E-state index contributed by atoms with van der Waals surface area (Å²) in [5.74, 6) is 0.745. The van der Waals surface area contributed by atoms with Crippen molar-refractivity contribution in [1.82, 2.24) is 0 Å². The Morgan fingerprint density at radius 1 is 0.792 bits per heavy atom. The molecular formula is C18H31NO5. The lowest BCUT2D eigenvalue weighted by atomic mass is 10.3. The fraction of sp³-hybridized carbons (Fsp3) is 0.667. The highest BCUT2D eigenvalue weighted by molar-refractivity contribution is 5.54. The van der Waals surface area contributed by atoms with E-state index in [-0.39, 0.29) is 0 Å². The second-order valence-corrected chi connectivity index (χ2v) is 5.07. The third kappa shape index (κ3) is 10.4. The van der Waals surface area contributed by atoms with Crippen molar-refractivity contribution in [1.29, 1.82) is 0 Å². The molecule has 24 heavy (non-hydrogen) atoms. The topological polar surface area (TPSA) is 58.2 Å². The molecule has 0 aliphatic rings. The Kier molecular flexibility index (Phi) is 13.1. The number of para-hydroxylation sites is 2. The van der Waals surface area contributed by atoms with Gasteiger partial charge in [0.05, 0.1) is 39.6 Å². The van der Waals surface area contributed by atoms with Crippen molar-refractivity contribution in [3.05, 3.63) is 24.3 Å². The fourth-order valence-electron chi connectivity index (χ4n) is 1.83. The fourth-order valence-corrected chi connectivity index (χ4v) is 1.83. The van der Waals surface area contributed by atoms with E-state index >= 15 is 0 Å². The van der Waals surface area contributed by atoms with Gasteiger partial charge in [-0.2, -0.15) is 0 Å². The van der Waals surface area contributed by atoms with Crippen LogP contribution in [-0.4, -0.2) is 52.9 Å². The van der Waals surface area contributed by atoms with Crippen LogP contribution in [0.5, 0.6) is 5.75 Å². The first-order chi connectivity index (χ1) is 11.9. The van der Waals surface area contributed by atoms with Gasteiger partial charge in [-0.3, -0.25) is 10.3 Å². The summed E-state index contributed by atoms with van der Waals surface area (Å²) < 4.78 is 22.0. The maximum Gasteiger partial charge on any atom is 0.144 e. The Balaban J connectivity index is 1.97. The lowest BCUT2D eigenvalue weighted by Crippen LogP contribution is -2.13. The third-order valence-corrected chi connectivity index (χ3v) is 3.09. The smallest absolute Gasteiger partial charge is 0.144 e. The first-order valence-electron chi connectivity index (χ1n) is 8.71. The maximum atomic E-state index is 5.69. The molecule has 0 saturated heterocycles. The molecule has 0 amide bonds. The number of hydrogen-bond donors (Lipinski definition) is 1. The molecule has 0 radical (unpaired) electrons. The van der Waals surface area contributed by atoms with Crippen LogP contribution in [-0.2, 0) is 19.0 Å². The van der Waals surface area contributed by atoms with Crippen LogP contribution in [0.15, 0.2) is 24.3 Å². The molecule has 0 fully saturated rings. The number of rotatable bonds is 16. The summed E-state index contributed by atoms with van der Waals surface area (Å²) in [5.41, 5.74) is 3.67. The number of benzene rings is 1. The van der Waals surface area contributed by atoms with Crippen LogP contribution in [0.25, 0.3) is 0 Å². The predicted molar refractivity (Wildman–Crippen MR) is 94.6 cm³/mol. The van der Waals surface area contributed by atoms with E-state index in [0.29, 0.717) is 46.2 Å². The largest absolute Gasteiger partial charge is 0.489 e. The molecule has 1 N–H and O–H groups in total. The summed E-state index contributed by atoms with van der Waals surface area (Å²) in [6.45, 7) is 8.83. The normalized spacial score (nSPS) is 10.8. The number of anilines is 1. The van der Waals surface area contributed by atoms with Crippen LogP contribution < -0.4 is 10.2 Å². The summed E-state index contributed by atoms with van der Waals surface area (Å²) in [6.07, 6.45) is 2.26. The van der Waals surface area contributed by atoms with Gasteiger partial charge in [-0.1, -0.05) is 25.5 Å². The van der Waals surface area contributed by atoms with E-state index in [0.717, 1.165) is 30.9 Å². The SMILES string of the molecule is CCCCOCCOCCOCCOc1ccccc1NOCC. The van der Waals surface area contributed by atoms with Gasteiger partial charge in [0.15, 0.2) is 0 Å². The van der Waals surface area contributed by atoms with Crippen molar-refractivity contribution in [3.8, 4) is 5.75 Å². The van der Waals surface area contributed by atoms with Crippen LogP contribution >= 0.6 is 0 Å². The second-order valence-electron chi connectivity index (χ2n) is 5.07. The Morgan fingerprint density at radius 2 is 1.42 bits per heavy atom. The molecule has 0 heterocycles. The van der Waals surface area contributed by atoms with E-state index in [9.17, 15) is 0 Å². The molecule has 0 spiro atoms. The van der Waals surface area contributed by atoms with Crippen molar-refractivity contribution in [2.75, 3.05) is 58.3 Å². The first kappa shape index (κ1) is 20.7. The van der Waals surface area contributed by atoms with Gasteiger partial charge in [-0.05, 0) is 25.5 Å². The first-order valence-corrected chi connectivity index (χ1v) is 8.71. The lowest BCUT2D eigenvalue weighted by molar-refractivity contribution is 0.00895. The van der Waals surface area contributed by atoms with E-state index < -0.39 is 0 Å². The van der Waals surface area contributed by atoms with Crippen molar-refractivity contribution in [3.63, 3.8) is 0 Å². The zero-order chi connectivity index (χ0) is 17.3. The number of unbranched alkanes of at least 4 members (excludes halogenated alkanes) is 1. The van der Waals surface area contributed by atoms with E-state index in [2.05, 4.69) is 12.4 Å². The molecule has 0 aliphatic heterocycles. The molecule has 0 saturated carbocycles. The molecule has 0 aliphatic carbocycles. The number of nitrogens with one attached hydrogen (secondary N) is 1. The number of hydrogen-bond acceptors (Lipinski definition) is 6. The van der Waals surface area contributed by atoms with Gasteiger partial charge in [0.2, 0.25) is 0 Å². The van der Waals surface area contributed by atoms with Crippen LogP contribution in [0.4, 0.5) is 5.69 Å². The van der Waals surface area contributed by atoms with Gasteiger partial charge in [0.1, 0.15) is 18.0 Å². The van der Waals surface area contributed by atoms with Crippen LogP contribution in [0.3, 0.4) is 0 Å². The van der Waals surface area contributed by atoms with Gasteiger partial charge in [-0.25, -0.2) is 0 Å². The highest BCUT2D eigenvalue weighted by Crippen LogP contribution is 2.23. The standard InChI is InChI=1S/C18H31NO5/c1-3-5-10-20-11-12-21-13-14-22-15-16-23-18-9-7-6-8-17(18)19-24-4-2/h6-9,19H,3-5,10-16H2,1-2H3. The Hall–Kier alpha value is -1.34. The van der Waals surface area contributed by atoms with E-state index in [1.54, 1.807) is 0 Å². The highest BCUT2D eigenvalue weighted by Gasteiger charge is 2.02. The Bertz CT molecular complexity index is 403. The molecule has 0 aromatic heterocycles. The molecule has 1 aromatic carbocycles. The van der Waals surface area contributed by atoms with Gasteiger partial charge in [0.25, 0.3) is 0 Å². The molecule has 1 aromatic rings. The molecule has 6 heteroatoms. The van der Waals surface area contributed by atoms with Gasteiger partial charge >= 0.3 is 0 Å². The molecule has 0 bridgehead atoms. The summed E-state index contributed by atoms with van der Waals surface area (Å²) in [7, 11) is 0.